The van der Waals surface area contributed by atoms with Gasteiger partial charge in [0.05, 0.1) is 13.2 Å². The number of phenolic OH excluding ortho intramolecular Hbond substituents is 1. The number of hydrogen-bond donors (Lipinski definition) is 3. The second-order valence-corrected chi connectivity index (χ2v) is 10.6. The first-order valence-corrected chi connectivity index (χ1v) is 11.7. The van der Waals surface area contributed by atoms with E-state index in [-0.39, 0.29) is 23.9 Å². The largest absolute Gasteiger partial charge is 0.508 e. The van der Waals surface area contributed by atoms with E-state index >= 15 is 0 Å². The monoisotopic (exact) mass is 477 g/mol. The molecule has 1 aliphatic heterocycles. The zero-order valence-corrected chi connectivity index (χ0v) is 21.2. The summed E-state index contributed by atoms with van der Waals surface area (Å²) < 4.78 is 10.7. The van der Waals surface area contributed by atoms with Crippen molar-refractivity contribution in [2.45, 2.75) is 59.6 Å². The first kappa shape index (κ1) is 27.6. The van der Waals surface area contributed by atoms with Crippen LogP contribution in [0.2, 0.25) is 0 Å². The molecule has 2 amide bonds. The number of rotatable bonds is 8. The molecule has 1 aromatic rings. The Kier molecular flexibility index (Phi) is 9.46. The molecule has 0 aromatic heterocycles. The van der Waals surface area contributed by atoms with Crippen LogP contribution in [0.1, 0.15) is 57.5 Å². The predicted octanol–water partition coefficient (Wildman–Crippen LogP) is 2.51. The van der Waals surface area contributed by atoms with Crippen LogP contribution in [0.15, 0.2) is 18.2 Å². The molecule has 0 unspecified atom stereocenters. The van der Waals surface area contributed by atoms with Crippen molar-refractivity contribution in [3.63, 3.8) is 0 Å². The third-order valence-electron chi connectivity index (χ3n) is 5.28. The molecule has 3 N–H and O–H groups in total. The standard InChI is InChI=1S/C25H39N3O6/c1-24(2,3)21(30)19-16-18(29)8-7-17(19)15-20(27-23(32)34-25(4,5)6)22(31)26-9-10-28-11-13-33-14-12-28/h7-8,16,20,29H,9-15H2,1-6H3,(H,26,31)(H,27,32)/t20-/m0/s1. The molecular weight excluding hydrogens is 438 g/mol. The molecule has 0 saturated carbocycles. The fourth-order valence-electron chi connectivity index (χ4n) is 3.52. The van der Waals surface area contributed by atoms with Gasteiger partial charge in [0.2, 0.25) is 5.91 Å². The van der Waals surface area contributed by atoms with Crippen LogP contribution < -0.4 is 10.6 Å². The van der Waals surface area contributed by atoms with Gasteiger partial charge in [0.1, 0.15) is 17.4 Å². The van der Waals surface area contributed by atoms with Crippen LogP contribution in [0.5, 0.6) is 5.75 Å². The maximum absolute atomic E-state index is 13.1. The maximum Gasteiger partial charge on any atom is 0.408 e. The number of ether oxygens (including phenoxy) is 2. The Morgan fingerprint density at radius 3 is 2.35 bits per heavy atom. The van der Waals surface area contributed by atoms with Gasteiger partial charge in [0.15, 0.2) is 5.78 Å². The number of aromatic hydroxyl groups is 1. The van der Waals surface area contributed by atoms with Crippen molar-refractivity contribution in [2.75, 3.05) is 39.4 Å². The maximum atomic E-state index is 13.1. The van der Waals surface area contributed by atoms with Crippen molar-refractivity contribution in [1.29, 1.82) is 0 Å². The van der Waals surface area contributed by atoms with Gasteiger partial charge in [-0.1, -0.05) is 26.8 Å². The highest BCUT2D eigenvalue weighted by Crippen LogP contribution is 2.27. The van der Waals surface area contributed by atoms with E-state index in [9.17, 15) is 19.5 Å². The zero-order valence-electron chi connectivity index (χ0n) is 21.2. The van der Waals surface area contributed by atoms with Gasteiger partial charge in [-0.15, -0.1) is 0 Å². The number of nitrogens with one attached hydrogen (secondary N) is 2. The van der Waals surface area contributed by atoms with E-state index in [1.807, 2.05) is 0 Å². The molecular formula is C25H39N3O6. The van der Waals surface area contributed by atoms with E-state index in [0.29, 0.717) is 37.4 Å². The van der Waals surface area contributed by atoms with Crippen molar-refractivity contribution < 1.29 is 29.0 Å². The molecule has 0 aliphatic carbocycles. The third-order valence-corrected chi connectivity index (χ3v) is 5.28. The molecule has 1 aromatic carbocycles. The van der Waals surface area contributed by atoms with Gasteiger partial charge in [-0.2, -0.15) is 0 Å². The van der Waals surface area contributed by atoms with Crippen LogP contribution in [0.4, 0.5) is 4.79 Å². The summed E-state index contributed by atoms with van der Waals surface area (Å²) in [5.41, 5.74) is -0.531. The topological polar surface area (TPSA) is 117 Å². The van der Waals surface area contributed by atoms with Gasteiger partial charge in [0.25, 0.3) is 0 Å². The summed E-state index contributed by atoms with van der Waals surface area (Å²) in [7, 11) is 0. The van der Waals surface area contributed by atoms with E-state index in [2.05, 4.69) is 15.5 Å². The number of morpholine rings is 1. The number of benzene rings is 1. The molecule has 1 heterocycles. The average Bonchev–Trinajstić information content (AvgIpc) is 2.72. The summed E-state index contributed by atoms with van der Waals surface area (Å²) in [5.74, 6) is -0.577. The molecule has 0 radical (unpaired) electrons. The molecule has 9 nitrogen and oxygen atoms in total. The fraction of sp³-hybridized carbons (Fsp3) is 0.640. The van der Waals surface area contributed by atoms with Crippen molar-refractivity contribution in [1.82, 2.24) is 15.5 Å². The smallest absolute Gasteiger partial charge is 0.408 e. The van der Waals surface area contributed by atoms with Crippen molar-refractivity contribution in [2.24, 2.45) is 5.41 Å². The van der Waals surface area contributed by atoms with E-state index in [4.69, 9.17) is 9.47 Å². The Labute approximate surface area is 202 Å². The van der Waals surface area contributed by atoms with Gasteiger partial charge in [-0.05, 0) is 38.5 Å². The number of alkyl carbamates (subject to hydrolysis) is 1. The van der Waals surface area contributed by atoms with Crippen LogP contribution in [0.25, 0.3) is 0 Å². The highest BCUT2D eigenvalue weighted by molar-refractivity contribution is 6.01. The lowest BCUT2D eigenvalue weighted by Gasteiger charge is -2.27. The van der Waals surface area contributed by atoms with Crippen LogP contribution in [-0.4, -0.2) is 78.8 Å². The van der Waals surface area contributed by atoms with Crippen LogP contribution in [0.3, 0.4) is 0 Å². The first-order chi connectivity index (χ1) is 15.8. The molecule has 34 heavy (non-hydrogen) atoms. The van der Waals surface area contributed by atoms with E-state index < -0.39 is 23.2 Å². The number of amides is 2. The predicted molar refractivity (Wildman–Crippen MR) is 129 cm³/mol. The average molecular weight is 478 g/mol. The van der Waals surface area contributed by atoms with Crippen LogP contribution in [-0.2, 0) is 20.7 Å². The highest BCUT2D eigenvalue weighted by Gasteiger charge is 2.29. The van der Waals surface area contributed by atoms with Crippen LogP contribution in [0, 0.1) is 5.41 Å². The third kappa shape index (κ3) is 8.95. The molecule has 0 spiro atoms. The fourth-order valence-corrected chi connectivity index (χ4v) is 3.52. The molecule has 1 aliphatic rings. The van der Waals surface area contributed by atoms with Crippen molar-refractivity contribution in [3.8, 4) is 5.75 Å². The SMILES string of the molecule is CC(C)(C)OC(=O)N[C@@H](Cc1ccc(O)cc1C(=O)C(C)(C)C)C(=O)NCCN1CCOCC1. The van der Waals surface area contributed by atoms with Gasteiger partial charge < -0.3 is 25.2 Å². The first-order valence-electron chi connectivity index (χ1n) is 11.7. The molecule has 1 saturated heterocycles. The summed E-state index contributed by atoms with van der Waals surface area (Å²) in [5, 5.41) is 15.5. The number of carbonyl (C=O) groups is 3. The van der Waals surface area contributed by atoms with Crippen molar-refractivity contribution >= 4 is 17.8 Å². The quantitative estimate of drug-likeness (QED) is 0.493. The van der Waals surface area contributed by atoms with Gasteiger partial charge in [-0.3, -0.25) is 14.5 Å². The number of carbonyl (C=O) groups excluding carboxylic acids is 3. The lowest BCUT2D eigenvalue weighted by atomic mass is 9.83. The number of ketones is 1. The minimum atomic E-state index is -0.962. The Morgan fingerprint density at radius 1 is 1.12 bits per heavy atom. The lowest BCUT2D eigenvalue weighted by Crippen LogP contribution is -2.51. The number of hydrogen-bond acceptors (Lipinski definition) is 7. The highest BCUT2D eigenvalue weighted by atomic mass is 16.6. The molecule has 0 bridgehead atoms. The summed E-state index contributed by atoms with van der Waals surface area (Å²) in [6.07, 6.45) is -0.650. The van der Waals surface area contributed by atoms with Gasteiger partial charge in [0, 0.05) is 43.6 Å². The lowest BCUT2D eigenvalue weighted by molar-refractivity contribution is -0.123. The second-order valence-electron chi connectivity index (χ2n) is 10.6. The van der Waals surface area contributed by atoms with Crippen molar-refractivity contribution in [3.05, 3.63) is 29.3 Å². The molecule has 1 fully saturated rings. The minimum absolute atomic E-state index is 0.0389. The minimum Gasteiger partial charge on any atom is -0.508 e. The molecule has 1 atom stereocenters. The second kappa shape index (κ2) is 11.7. The molecule has 190 valence electrons. The number of Topliss-reactive ketones (excluding diaryl/α,β-unsaturated/α-hetero) is 1. The van der Waals surface area contributed by atoms with Crippen LogP contribution >= 0.6 is 0 Å². The Hall–Kier alpha value is -2.65. The summed E-state index contributed by atoms with van der Waals surface area (Å²) in [6, 6.07) is 3.52. The number of phenols is 1. The Morgan fingerprint density at radius 2 is 1.76 bits per heavy atom. The van der Waals surface area contributed by atoms with E-state index in [1.165, 1.54) is 12.1 Å². The zero-order chi connectivity index (χ0) is 25.5. The Bertz CT molecular complexity index is 866. The van der Waals surface area contributed by atoms with Gasteiger partial charge in [-0.25, -0.2) is 4.79 Å². The van der Waals surface area contributed by atoms with E-state index in [1.54, 1.807) is 47.6 Å². The number of nitrogens with zero attached hydrogens (tertiary/aromatic N) is 1. The molecule has 9 heteroatoms. The summed E-state index contributed by atoms with van der Waals surface area (Å²) >= 11 is 0. The summed E-state index contributed by atoms with van der Waals surface area (Å²) in [4.78, 5) is 40.8. The summed E-state index contributed by atoms with van der Waals surface area (Å²) in [6.45, 7) is 14.6. The molecule has 2 rings (SSSR count). The van der Waals surface area contributed by atoms with E-state index in [0.717, 1.165) is 13.1 Å². The Balaban J connectivity index is 2.19. The normalized spacial score (nSPS) is 15.9. The van der Waals surface area contributed by atoms with Gasteiger partial charge >= 0.3 is 6.09 Å².